The third-order valence-corrected chi connectivity index (χ3v) is 6.94. The number of ether oxygens (including phenoxy) is 1. The lowest BCUT2D eigenvalue weighted by Gasteiger charge is -2.33. The van der Waals surface area contributed by atoms with Gasteiger partial charge in [-0.05, 0) is 35.3 Å². The average molecular weight is 495 g/mol. The maximum absolute atomic E-state index is 15.4. The van der Waals surface area contributed by atoms with Gasteiger partial charge in [0.05, 0.1) is 24.9 Å². The van der Waals surface area contributed by atoms with Crippen molar-refractivity contribution in [3.05, 3.63) is 45.4 Å². The van der Waals surface area contributed by atoms with Gasteiger partial charge in [0.15, 0.2) is 0 Å². The summed E-state index contributed by atoms with van der Waals surface area (Å²) in [7, 11) is -1.72. The normalized spacial score (nSPS) is 23.0. The van der Waals surface area contributed by atoms with E-state index in [0.717, 1.165) is 5.56 Å². The number of nitrogens with zero attached hydrogens (tertiary/aromatic N) is 3. The molecule has 3 atom stereocenters. The van der Waals surface area contributed by atoms with Crippen molar-refractivity contribution in [3.8, 4) is 5.75 Å². The summed E-state index contributed by atoms with van der Waals surface area (Å²) in [6.07, 6.45) is 1.88. The van der Waals surface area contributed by atoms with Crippen LogP contribution >= 0.6 is 8.60 Å². The number of rotatable bonds is 4. The van der Waals surface area contributed by atoms with Crippen LogP contribution in [0.3, 0.4) is 0 Å². The molecule has 2 aliphatic heterocycles. The first-order valence-electron chi connectivity index (χ1n) is 11.3. The minimum absolute atomic E-state index is 0.0745. The molecule has 0 bridgehead atoms. The molecule has 4 rings (SSSR count). The SMILES string of the molecule is CC(C)(C)c1cc(C(C)(C)C)c2c(c1F)COP(OCC1CCC(n3cnc(N)nc3=O)O1)O2. The number of halogens is 1. The predicted octanol–water partition coefficient (Wildman–Crippen LogP) is 4.48. The van der Waals surface area contributed by atoms with Crippen LogP contribution in [-0.2, 0) is 31.2 Å². The maximum atomic E-state index is 15.4. The van der Waals surface area contributed by atoms with Gasteiger partial charge < -0.3 is 15.0 Å². The highest BCUT2D eigenvalue weighted by Crippen LogP contribution is 2.52. The highest BCUT2D eigenvalue weighted by atomic mass is 31.2. The number of nitrogens with two attached hydrogens (primary N) is 1. The van der Waals surface area contributed by atoms with E-state index in [-0.39, 0.29) is 41.9 Å². The smallest absolute Gasteiger partial charge is 0.397 e. The topological polar surface area (TPSA) is 111 Å². The molecule has 0 amide bonds. The van der Waals surface area contributed by atoms with Gasteiger partial charge in [0.2, 0.25) is 5.95 Å². The first kappa shape index (κ1) is 25.0. The summed E-state index contributed by atoms with van der Waals surface area (Å²) in [4.78, 5) is 19.5. The second-order valence-electron chi connectivity index (χ2n) is 10.7. The van der Waals surface area contributed by atoms with Crippen LogP contribution in [0, 0.1) is 5.82 Å². The number of nitrogen functional groups attached to an aromatic ring is 1. The summed E-state index contributed by atoms with van der Waals surface area (Å²) in [5.74, 6) is 0.143. The molecular formula is C23H32FN4O5P. The van der Waals surface area contributed by atoms with E-state index in [2.05, 4.69) is 30.7 Å². The van der Waals surface area contributed by atoms with Crippen LogP contribution in [0.1, 0.15) is 77.3 Å². The minimum Gasteiger partial charge on any atom is -0.426 e. The zero-order valence-corrected chi connectivity index (χ0v) is 21.3. The van der Waals surface area contributed by atoms with Crippen molar-refractivity contribution in [2.75, 3.05) is 12.3 Å². The Hall–Kier alpha value is -2.13. The molecule has 0 radical (unpaired) electrons. The molecule has 0 spiro atoms. The second-order valence-corrected chi connectivity index (χ2v) is 11.8. The van der Waals surface area contributed by atoms with E-state index >= 15 is 4.39 Å². The Morgan fingerprint density at radius 1 is 1.21 bits per heavy atom. The third-order valence-electron chi connectivity index (χ3n) is 5.91. The molecule has 34 heavy (non-hydrogen) atoms. The zero-order valence-electron chi connectivity index (χ0n) is 20.4. The second kappa shape index (κ2) is 9.15. The summed E-state index contributed by atoms with van der Waals surface area (Å²) in [6, 6.07) is 1.91. The van der Waals surface area contributed by atoms with Crippen LogP contribution < -0.4 is 15.9 Å². The Balaban J connectivity index is 1.46. The van der Waals surface area contributed by atoms with Gasteiger partial charge in [-0.25, -0.2) is 14.2 Å². The third kappa shape index (κ3) is 5.10. The van der Waals surface area contributed by atoms with Crippen molar-refractivity contribution in [2.45, 2.75) is 84.2 Å². The minimum atomic E-state index is -1.72. The number of hydrogen-bond acceptors (Lipinski definition) is 8. The van der Waals surface area contributed by atoms with Crippen molar-refractivity contribution in [1.29, 1.82) is 0 Å². The summed E-state index contributed by atoms with van der Waals surface area (Å²) in [5, 5.41) is 0. The van der Waals surface area contributed by atoms with Crippen LogP contribution in [0.4, 0.5) is 10.3 Å². The van der Waals surface area contributed by atoms with Crippen molar-refractivity contribution in [2.24, 2.45) is 0 Å². The molecule has 1 fully saturated rings. The Labute approximate surface area is 199 Å². The van der Waals surface area contributed by atoms with E-state index in [1.54, 1.807) is 0 Å². The van der Waals surface area contributed by atoms with Gasteiger partial charge in [-0.15, -0.1) is 0 Å². The first-order chi connectivity index (χ1) is 15.8. The van der Waals surface area contributed by atoms with Crippen LogP contribution in [0.15, 0.2) is 17.2 Å². The Kier molecular flexibility index (Phi) is 6.72. The summed E-state index contributed by atoms with van der Waals surface area (Å²) in [6.45, 7) is 12.5. The number of anilines is 1. The van der Waals surface area contributed by atoms with Gasteiger partial charge in [-0.1, -0.05) is 41.5 Å². The molecule has 1 aromatic heterocycles. The summed E-state index contributed by atoms with van der Waals surface area (Å²) >= 11 is 0. The van der Waals surface area contributed by atoms with Crippen molar-refractivity contribution in [1.82, 2.24) is 14.5 Å². The molecule has 1 saturated heterocycles. The quantitative estimate of drug-likeness (QED) is 0.620. The lowest BCUT2D eigenvalue weighted by Crippen LogP contribution is -2.29. The molecule has 11 heteroatoms. The van der Waals surface area contributed by atoms with Gasteiger partial charge in [0.1, 0.15) is 24.1 Å². The monoisotopic (exact) mass is 494 g/mol. The molecule has 2 aromatic rings. The van der Waals surface area contributed by atoms with Crippen LogP contribution in [0.2, 0.25) is 0 Å². The largest absolute Gasteiger partial charge is 0.426 e. The van der Waals surface area contributed by atoms with E-state index in [1.807, 2.05) is 26.8 Å². The van der Waals surface area contributed by atoms with Crippen molar-refractivity contribution in [3.63, 3.8) is 0 Å². The van der Waals surface area contributed by atoms with Crippen LogP contribution in [0.25, 0.3) is 0 Å². The number of fused-ring (bicyclic) bond motifs is 1. The Morgan fingerprint density at radius 2 is 1.91 bits per heavy atom. The van der Waals surface area contributed by atoms with Gasteiger partial charge in [-0.2, -0.15) is 4.98 Å². The Morgan fingerprint density at radius 3 is 2.56 bits per heavy atom. The van der Waals surface area contributed by atoms with Gasteiger partial charge in [0.25, 0.3) is 0 Å². The molecule has 3 unspecified atom stereocenters. The zero-order chi connectivity index (χ0) is 24.8. The van der Waals surface area contributed by atoms with E-state index in [0.29, 0.717) is 29.7 Å². The van der Waals surface area contributed by atoms with Crippen LogP contribution in [-0.4, -0.2) is 27.2 Å². The highest BCUT2D eigenvalue weighted by Gasteiger charge is 2.36. The van der Waals surface area contributed by atoms with Crippen molar-refractivity contribution < 1.29 is 22.7 Å². The predicted molar refractivity (Wildman–Crippen MR) is 126 cm³/mol. The van der Waals surface area contributed by atoms with Crippen molar-refractivity contribution >= 4 is 14.6 Å². The highest BCUT2D eigenvalue weighted by molar-refractivity contribution is 7.42. The standard InChI is InChI=1S/C23H32FN4O5P/c1-22(2,3)15-9-16(23(4,5)6)19-14(18(15)24)11-31-34(33-19)30-10-13-7-8-17(32-13)28-12-26-20(25)27-21(28)29/h9,12-13,17H,7-8,10-11H2,1-6H3,(H2,25,27,29). The molecule has 0 saturated carbocycles. The lowest BCUT2D eigenvalue weighted by atomic mass is 9.78. The van der Waals surface area contributed by atoms with Gasteiger partial charge in [-0.3, -0.25) is 13.6 Å². The summed E-state index contributed by atoms with van der Waals surface area (Å²) in [5.41, 5.74) is 6.32. The molecular weight excluding hydrogens is 462 g/mol. The molecule has 3 heterocycles. The lowest BCUT2D eigenvalue weighted by molar-refractivity contribution is -0.0234. The fourth-order valence-corrected chi connectivity index (χ4v) is 5.09. The molecule has 1 aromatic carbocycles. The summed E-state index contributed by atoms with van der Waals surface area (Å²) < 4.78 is 40.4. The molecule has 0 aliphatic carbocycles. The fourth-order valence-electron chi connectivity index (χ4n) is 4.03. The molecule has 2 aliphatic rings. The van der Waals surface area contributed by atoms with E-state index < -0.39 is 20.5 Å². The van der Waals surface area contributed by atoms with E-state index in [9.17, 15) is 4.79 Å². The van der Waals surface area contributed by atoms with Gasteiger partial charge >= 0.3 is 14.3 Å². The first-order valence-corrected chi connectivity index (χ1v) is 12.4. The number of aromatic nitrogens is 3. The molecule has 186 valence electrons. The number of hydrogen-bond donors (Lipinski definition) is 1. The average Bonchev–Trinajstić information content (AvgIpc) is 3.19. The van der Waals surface area contributed by atoms with Crippen LogP contribution in [0.5, 0.6) is 5.75 Å². The molecule has 2 N–H and O–H groups in total. The molecule has 9 nitrogen and oxygen atoms in total. The van der Waals surface area contributed by atoms with Gasteiger partial charge in [0, 0.05) is 5.56 Å². The Bertz CT molecular complexity index is 1130. The number of benzene rings is 1. The van der Waals surface area contributed by atoms with E-state index in [1.165, 1.54) is 10.9 Å². The maximum Gasteiger partial charge on any atom is 0.397 e. The van der Waals surface area contributed by atoms with E-state index in [4.69, 9.17) is 24.0 Å². The fraction of sp³-hybridized carbons (Fsp3) is 0.609.